The molecule has 0 aliphatic carbocycles. The second kappa shape index (κ2) is 7.25. The molecule has 0 aliphatic heterocycles. The third-order valence-electron chi connectivity index (χ3n) is 4.68. The summed E-state index contributed by atoms with van der Waals surface area (Å²) in [4.78, 5) is 4.65. The molecule has 4 heteroatoms. The van der Waals surface area contributed by atoms with Gasteiger partial charge in [0.05, 0.1) is 18.7 Å². The molecule has 4 nitrogen and oxygen atoms in total. The molecule has 0 bridgehead atoms. The summed E-state index contributed by atoms with van der Waals surface area (Å²) < 4.78 is 11.8. The Labute approximate surface area is 157 Å². The lowest BCUT2D eigenvalue weighted by atomic mass is 10.1. The first-order valence-corrected chi connectivity index (χ1v) is 8.96. The maximum atomic E-state index is 9.08. The van der Waals surface area contributed by atoms with E-state index in [9.17, 15) is 0 Å². The van der Waals surface area contributed by atoms with Crippen LogP contribution in [0.4, 0.5) is 0 Å². The number of furan rings is 1. The van der Waals surface area contributed by atoms with Gasteiger partial charge in [-0.1, -0.05) is 30.3 Å². The molecule has 0 saturated heterocycles. The Morgan fingerprint density at radius 2 is 1.89 bits per heavy atom. The first-order chi connectivity index (χ1) is 13.1. The number of rotatable bonds is 5. The molecule has 2 aromatic carbocycles. The van der Waals surface area contributed by atoms with Gasteiger partial charge < -0.3 is 13.9 Å². The highest BCUT2D eigenvalue weighted by Crippen LogP contribution is 2.27. The van der Waals surface area contributed by atoms with Gasteiger partial charge in [-0.15, -0.1) is 0 Å². The highest BCUT2D eigenvalue weighted by atomic mass is 16.4. The van der Waals surface area contributed by atoms with Crippen LogP contribution < -0.4 is 0 Å². The summed E-state index contributed by atoms with van der Waals surface area (Å²) in [6.45, 7) is 3.95. The van der Waals surface area contributed by atoms with Crippen molar-refractivity contribution in [2.45, 2.75) is 20.3 Å². The van der Waals surface area contributed by atoms with Gasteiger partial charge in [-0.2, -0.15) is 0 Å². The minimum Gasteiger partial charge on any atom is -0.461 e. The van der Waals surface area contributed by atoms with E-state index in [0.29, 0.717) is 12.3 Å². The molecular weight excluding hydrogens is 338 g/mol. The van der Waals surface area contributed by atoms with E-state index in [0.717, 1.165) is 44.9 Å². The van der Waals surface area contributed by atoms with Crippen LogP contribution in [-0.2, 0) is 6.42 Å². The SMILES string of the molecule is C/C(=C\CO)c1ccc2oc(Cc3nc(-c4ccccc4)oc3C)cc2c1. The lowest BCUT2D eigenvalue weighted by Gasteiger charge is -2.00. The van der Waals surface area contributed by atoms with Gasteiger partial charge in [-0.05, 0) is 55.3 Å². The molecule has 0 atom stereocenters. The van der Waals surface area contributed by atoms with Gasteiger partial charge in [0.2, 0.25) is 5.89 Å². The van der Waals surface area contributed by atoms with Crippen LogP contribution >= 0.6 is 0 Å². The molecule has 0 radical (unpaired) electrons. The summed E-state index contributed by atoms with van der Waals surface area (Å²) in [7, 11) is 0. The van der Waals surface area contributed by atoms with Crippen LogP contribution in [0.15, 0.2) is 69.5 Å². The van der Waals surface area contributed by atoms with Crippen LogP contribution in [0.3, 0.4) is 0 Å². The predicted molar refractivity (Wildman–Crippen MR) is 106 cm³/mol. The zero-order chi connectivity index (χ0) is 18.8. The second-order valence-electron chi connectivity index (χ2n) is 6.60. The van der Waals surface area contributed by atoms with Crippen molar-refractivity contribution >= 4 is 16.5 Å². The fourth-order valence-electron chi connectivity index (χ4n) is 3.15. The zero-order valence-electron chi connectivity index (χ0n) is 15.4. The van der Waals surface area contributed by atoms with Gasteiger partial charge >= 0.3 is 0 Å². The standard InChI is InChI=1S/C23H21NO3/c1-15(10-11-25)18-8-9-22-19(12-18)13-20(27-22)14-21-16(2)26-23(24-21)17-6-4-3-5-7-17/h3-10,12-13,25H,11,14H2,1-2H3/b15-10+. The Kier molecular flexibility index (Phi) is 4.65. The van der Waals surface area contributed by atoms with Crippen molar-refractivity contribution in [3.05, 3.63) is 83.5 Å². The van der Waals surface area contributed by atoms with Gasteiger partial charge in [-0.25, -0.2) is 4.98 Å². The van der Waals surface area contributed by atoms with E-state index >= 15 is 0 Å². The van der Waals surface area contributed by atoms with E-state index in [1.807, 2.05) is 62.4 Å². The number of aliphatic hydroxyl groups is 1. The predicted octanol–water partition coefficient (Wildman–Crippen LogP) is 5.38. The smallest absolute Gasteiger partial charge is 0.226 e. The molecule has 0 unspecified atom stereocenters. The third kappa shape index (κ3) is 3.57. The summed E-state index contributed by atoms with van der Waals surface area (Å²) in [5.74, 6) is 2.28. The molecule has 0 fully saturated rings. The molecule has 4 aromatic rings. The normalized spacial score (nSPS) is 12.0. The Balaban J connectivity index is 1.62. The summed E-state index contributed by atoms with van der Waals surface area (Å²) in [5.41, 5.74) is 4.81. The number of aromatic nitrogens is 1. The first kappa shape index (κ1) is 17.3. The van der Waals surface area contributed by atoms with Crippen LogP contribution in [0.5, 0.6) is 0 Å². The Bertz CT molecular complexity index is 1100. The molecule has 4 rings (SSSR count). The van der Waals surface area contributed by atoms with E-state index in [-0.39, 0.29) is 6.61 Å². The average molecular weight is 359 g/mol. The molecule has 2 heterocycles. The van der Waals surface area contributed by atoms with Crippen LogP contribution in [0.25, 0.3) is 28.0 Å². The Morgan fingerprint density at radius 1 is 1.07 bits per heavy atom. The van der Waals surface area contributed by atoms with Crippen molar-refractivity contribution in [2.24, 2.45) is 0 Å². The molecule has 1 N–H and O–H groups in total. The molecule has 136 valence electrons. The van der Waals surface area contributed by atoms with E-state index in [1.54, 1.807) is 6.08 Å². The monoisotopic (exact) mass is 359 g/mol. The molecule has 2 aromatic heterocycles. The number of allylic oxidation sites excluding steroid dienone is 1. The number of hydrogen-bond acceptors (Lipinski definition) is 4. The van der Waals surface area contributed by atoms with Crippen LogP contribution in [0, 0.1) is 6.92 Å². The number of fused-ring (bicyclic) bond motifs is 1. The maximum absolute atomic E-state index is 9.08. The van der Waals surface area contributed by atoms with Gasteiger partial charge in [0, 0.05) is 10.9 Å². The van der Waals surface area contributed by atoms with Gasteiger partial charge in [0.15, 0.2) is 0 Å². The van der Waals surface area contributed by atoms with Crippen molar-refractivity contribution in [2.75, 3.05) is 6.61 Å². The fourth-order valence-corrected chi connectivity index (χ4v) is 3.15. The van der Waals surface area contributed by atoms with Crippen molar-refractivity contribution in [1.82, 2.24) is 4.98 Å². The summed E-state index contributed by atoms with van der Waals surface area (Å²) in [6, 6.07) is 18.0. The zero-order valence-corrected chi connectivity index (χ0v) is 15.4. The molecule has 0 saturated carbocycles. The van der Waals surface area contributed by atoms with Gasteiger partial charge in [0.1, 0.15) is 17.1 Å². The number of benzene rings is 2. The van der Waals surface area contributed by atoms with E-state index in [4.69, 9.17) is 13.9 Å². The van der Waals surface area contributed by atoms with Crippen LogP contribution in [0.1, 0.15) is 29.7 Å². The lowest BCUT2D eigenvalue weighted by Crippen LogP contribution is -1.88. The number of aryl methyl sites for hydroxylation is 1. The fraction of sp³-hybridized carbons (Fsp3) is 0.174. The summed E-state index contributed by atoms with van der Waals surface area (Å²) in [6.07, 6.45) is 2.38. The van der Waals surface area contributed by atoms with Crippen molar-refractivity contribution in [3.63, 3.8) is 0 Å². The molecule has 27 heavy (non-hydrogen) atoms. The van der Waals surface area contributed by atoms with Gasteiger partial charge in [-0.3, -0.25) is 0 Å². The molecule has 0 amide bonds. The largest absolute Gasteiger partial charge is 0.461 e. The number of oxazole rings is 1. The Hall–Kier alpha value is -3.11. The topological polar surface area (TPSA) is 59.4 Å². The summed E-state index contributed by atoms with van der Waals surface area (Å²) in [5, 5.41) is 10.1. The number of hydrogen-bond donors (Lipinski definition) is 1. The molecular formula is C23H21NO3. The number of aliphatic hydroxyl groups excluding tert-OH is 1. The van der Waals surface area contributed by atoms with E-state index < -0.39 is 0 Å². The molecule has 0 spiro atoms. The summed E-state index contributed by atoms with van der Waals surface area (Å²) >= 11 is 0. The average Bonchev–Trinajstić information content (AvgIpc) is 3.25. The first-order valence-electron chi connectivity index (χ1n) is 8.96. The third-order valence-corrected chi connectivity index (χ3v) is 4.68. The minimum absolute atomic E-state index is 0.0374. The highest BCUT2D eigenvalue weighted by Gasteiger charge is 2.14. The van der Waals surface area contributed by atoms with E-state index in [1.165, 1.54) is 0 Å². The quantitative estimate of drug-likeness (QED) is 0.519. The maximum Gasteiger partial charge on any atom is 0.226 e. The van der Waals surface area contributed by atoms with Crippen molar-refractivity contribution in [3.8, 4) is 11.5 Å². The molecule has 0 aliphatic rings. The highest BCUT2D eigenvalue weighted by molar-refractivity contribution is 5.82. The van der Waals surface area contributed by atoms with Crippen molar-refractivity contribution < 1.29 is 13.9 Å². The van der Waals surface area contributed by atoms with Crippen LogP contribution in [0.2, 0.25) is 0 Å². The number of nitrogens with zero attached hydrogens (tertiary/aromatic N) is 1. The Morgan fingerprint density at radius 3 is 2.67 bits per heavy atom. The minimum atomic E-state index is 0.0374. The van der Waals surface area contributed by atoms with Crippen LogP contribution in [-0.4, -0.2) is 16.7 Å². The lowest BCUT2D eigenvalue weighted by molar-refractivity contribution is 0.343. The van der Waals surface area contributed by atoms with Gasteiger partial charge in [0.25, 0.3) is 0 Å². The van der Waals surface area contributed by atoms with Crippen molar-refractivity contribution in [1.29, 1.82) is 0 Å². The second-order valence-corrected chi connectivity index (χ2v) is 6.60. The van der Waals surface area contributed by atoms with E-state index in [2.05, 4.69) is 11.1 Å².